The quantitative estimate of drug-likeness (QED) is 0.651. The third kappa shape index (κ3) is 1.29. The summed E-state index contributed by atoms with van der Waals surface area (Å²) in [6, 6.07) is 5.41. The second-order valence-corrected chi connectivity index (χ2v) is 3.17. The Balaban J connectivity index is 2.67. The van der Waals surface area contributed by atoms with Crippen LogP contribution in [-0.2, 0) is 4.74 Å². The highest BCUT2D eigenvalue weighted by Gasteiger charge is 2.10. The van der Waals surface area contributed by atoms with Crippen LogP contribution in [0.15, 0.2) is 23.6 Å². The minimum Gasteiger partial charge on any atom is -0.465 e. The molecule has 13 heavy (non-hydrogen) atoms. The average Bonchev–Trinajstić information content (AvgIpc) is 2.63. The number of nitrogens with zero attached hydrogens (tertiary/aromatic N) is 1. The van der Waals surface area contributed by atoms with Crippen LogP contribution in [0.1, 0.15) is 10.4 Å². The lowest BCUT2D eigenvalue weighted by atomic mass is 10.1. The molecule has 2 rings (SSSR count). The molecule has 3 nitrogen and oxygen atoms in total. The summed E-state index contributed by atoms with van der Waals surface area (Å²) in [6.45, 7) is 0. The summed E-state index contributed by atoms with van der Waals surface area (Å²) < 4.78 is 8.78. The lowest BCUT2D eigenvalue weighted by Gasteiger charge is -1.98. The van der Waals surface area contributed by atoms with E-state index in [9.17, 15) is 4.79 Å². The smallest absolute Gasteiger partial charge is 0.338 e. The zero-order valence-corrected chi connectivity index (χ0v) is 7.80. The van der Waals surface area contributed by atoms with Gasteiger partial charge in [-0.2, -0.15) is 4.37 Å². The van der Waals surface area contributed by atoms with Gasteiger partial charge >= 0.3 is 5.97 Å². The maximum Gasteiger partial charge on any atom is 0.338 e. The SMILES string of the molecule is COC(=O)c1cccc2nscc12. The van der Waals surface area contributed by atoms with E-state index in [4.69, 9.17) is 0 Å². The topological polar surface area (TPSA) is 39.2 Å². The predicted molar refractivity (Wildman–Crippen MR) is 51.0 cm³/mol. The van der Waals surface area contributed by atoms with Gasteiger partial charge in [0, 0.05) is 10.8 Å². The minimum absolute atomic E-state index is 0.314. The molecule has 0 aliphatic heterocycles. The molecule has 0 bridgehead atoms. The van der Waals surface area contributed by atoms with E-state index in [-0.39, 0.29) is 5.97 Å². The van der Waals surface area contributed by atoms with Gasteiger partial charge < -0.3 is 4.74 Å². The molecule has 1 heterocycles. The van der Waals surface area contributed by atoms with Gasteiger partial charge in [-0.05, 0) is 23.7 Å². The minimum atomic E-state index is -0.314. The summed E-state index contributed by atoms with van der Waals surface area (Å²) in [6.07, 6.45) is 0. The summed E-state index contributed by atoms with van der Waals surface area (Å²) in [4.78, 5) is 11.3. The van der Waals surface area contributed by atoms with Crippen molar-refractivity contribution in [2.75, 3.05) is 7.11 Å². The summed E-state index contributed by atoms with van der Waals surface area (Å²) in [5, 5.41) is 2.71. The van der Waals surface area contributed by atoms with E-state index in [1.165, 1.54) is 18.6 Å². The molecule has 0 aliphatic rings. The third-order valence-electron chi connectivity index (χ3n) is 1.81. The molecule has 0 fully saturated rings. The number of hydrogen-bond acceptors (Lipinski definition) is 4. The van der Waals surface area contributed by atoms with Crippen LogP contribution in [-0.4, -0.2) is 17.5 Å². The largest absolute Gasteiger partial charge is 0.465 e. The first-order valence-electron chi connectivity index (χ1n) is 3.74. The number of methoxy groups -OCH3 is 1. The second kappa shape index (κ2) is 3.14. The molecule has 0 saturated carbocycles. The van der Waals surface area contributed by atoms with Gasteiger partial charge in [-0.1, -0.05) is 6.07 Å². The number of ether oxygens (including phenoxy) is 1. The van der Waals surface area contributed by atoms with E-state index in [0.717, 1.165) is 10.9 Å². The monoisotopic (exact) mass is 193 g/mol. The number of fused-ring (bicyclic) bond motifs is 1. The fourth-order valence-corrected chi connectivity index (χ4v) is 1.86. The molecule has 4 heteroatoms. The molecule has 0 unspecified atom stereocenters. The molecule has 0 amide bonds. The molecular weight excluding hydrogens is 186 g/mol. The molecule has 0 spiro atoms. The van der Waals surface area contributed by atoms with E-state index in [1.54, 1.807) is 12.1 Å². The number of esters is 1. The van der Waals surface area contributed by atoms with Crippen LogP contribution in [0.2, 0.25) is 0 Å². The van der Waals surface area contributed by atoms with Gasteiger partial charge in [0.05, 0.1) is 18.2 Å². The summed E-state index contributed by atoms with van der Waals surface area (Å²) >= 11 is 1.34. The average molecular weight is 193 g/mol. The highest BCUT2D eigenvalue weighted by molar-refractivity contribution is 7.04. The van der Waals surface area contributed by atoms with Crippen LogP contribution in [0.5, 0.6) is 0 Å². The van der Waals surface area contributed by atoms with Gasteiger partial charge in [0.2, 0.25) is 0 Å². The van der Waals surface area contributed by atoms with Crippen molar-refractivity contribution in [3.05, 3.63) is 29.1 Å². The van der Waals surface area contributed by atoms with Crippen LogP contribution < -0.4 is 0 Å². The van der Waals surface area contributed by atoms with Crippen LogP contribution in [0.4, 0.5) is 0 Å². The van der Waals surface area contributed by atoms with Gasteiger partial charge in [0.1, 0.15) is 0 Å². The van der Waals surface area contributed by atoms with Crippen LogP contribution in [0, 0.1) is 0 Å². The number of aromatic nitrogens is 1. The molecule has 0 saturated heterocycles. The Morgan fingerprint density at radius 1 is 1.54 bits per heavy atom. The van der Waals surface area contributed by atoms with Crippen molar-refractivity contribution >= 4 is 28.4 Å². The van der Waals surface area contributed by atoms with Crippen molar-refractivity contribution in [1.29, 1.82) is 0 Å². The van der Waals surface area contributed by atoms with Gasteiger partial charge in [0.15, 0.2) is 0 Å². The Hall–Kier alpha value is -1.42. The van der Waals surface area contributed by atoms with Crippen LogP contribution in [0.25, 0.3) is 10.9 Å². The Labute approximate surface area is 79.1 Å². The fraction of sp³-hybridized carbons (Fsp3) is 0.111. The van der Waals surface area contributed by atoms with Crippen molar-refractivity contribution in [3.8, 4) is 0 Å². The molecular formula is C9H7NO2S. The van der Waals surface area contributed by atoms with Crippen molar-refractivity contribution < 1.29 is 9.53 Å². The second-order valence-electron chi connectivity index (χ2n) is 2.54. The summed E-state index contributed by atoms with van der Waals surface area (Å²) in [5.74, 6) is -0.314. The Kier molecular flexibility index (Phi) is 1.98. The Morgan fingerprint density at radius 2 is 2.38 bits per heavy atom. The molecule has 0 atom stereocenters. The zero-order valence-electron chi connectivity index (χ0n) is 6.98. The molecule has 1 aromatic carbocycles. The van der Waals surface area contributed by atoms with Gasteiger partial charge in [-0.15, -0.1) is 0 Å². The number of carbonyl (C=O) groups excluding carboxylic acids is 1. The Bertz CT molecular complexity index is 450. The molecule has 66 valence electrons. The van der Waals surface area contributed by atoms with E-state index in [1.807, 2.05) is 11.4 Å². The van der Waals surface area contributed by atoms with Crippen molar-refractivity contribution in [2.45, 2.75) is 0 Å². The molecule has 0 radical (unpaired) electrons. The number of hydrogen-bond donors (Lipinski definition) is 0. The van der Waals surface area contributed by atoms with Gasteiger partial charge in [-0.3, -0.25) is 0 Å². The standard InChI is InChI=1S/C9H7NO2S/c1-12-9(11)6-3-2-4-8-7(6)5-13-10-8/h2-5H,1H3. The molecule has 0 N–H and O–H groups in total. The van der Waals surface area contributed by atoms with E-state index >= 15 is 0 Å². The maximum absolute atomic E-state index is 11.3. The first-order valence-corrected chi connectivity index (χ1v) is 4.58. The number of carbonyl (C=O) groups is 1. The first kappa shape index (κ1) is 8.19. The highest BCUT2D eigenvalue weighted by Crippen LogP contribution is 2.20. The third-order valence-corrected chi connectivity index (χ3v) is 2.45. The zero-order chi connectivity index (χ0) is 9.26. The van der Waals surface area contributed by atoms with E-state index < -0.39 is 0 Å². The predicted octanol–water partition coefficient (Wildman–Crippen LogP) is 2.08. The van der Waals surface area contributed by atoms with E-state index in [0.29, 0.717) is 5.56 Å². The number of rotatable bonds is 1. The lowest BCUT2D eigenvalue weighted by molar-refractivity contribution is 0.0603. The van der Waals surface area contributed by atoms with Crippen molar-refractivity contribution in [1.82, 2.24) is 4.37 Å². The lowest BCUT2D eigenvalue weighted by Crippen LogP contribution is -2.00. The summed E-state index contributed by atoms with van der Waals surface area (Å²) in [5.41, 5.74) is 1.42. The normalized spacial score (nSPS) is 10.2. The Morgan fingerprint density at radius 3 is 3.15 bits per heavy atom. The van der Waals surface area contributed by atoms with Gasteiger partial charge in [0.25, 0.3) is 0 Å². The van der Waals surface area contributed by atoms with Crippen LogP contribution >= 0.6 is 11.5 Å². The summed E-state index contributed by atoms with van der Waals surface area (Å²) in [7, 11) is 1.38. The van der Waals surface area contributed by atoms with Crippen molar-refractivity contribution in [3.63, 3.8) is 0 Å². The molecule has 1 aromatic heterocycles. The first-order chi connectivity index (χ1) is 6.33. The maximum atomic E-state index is 11.3. The number of benzene rings is 1. The van der Waals surface area contributed by atoms with Crippen molar-refractivity contribution in [2.24, 2.45) is 0 Å². The van der Waals surface area contributed by atoms with E-state index in [2.05, 4.69) is 9.11 Å². The van der Waals surface area contributed by atoms with Gasteiger partial charge in [-0.25, -0.2) is 4.79 Å². The molecule has 2 aromatic rings. The fourth-order valence-electron chi connectivity index (χ4n) is 1.18. The molecule has 0 aliphatic carbocycles. The highest BCUT2D eigenvalue weighted by atomic mass is 32.1. The van der Waals surface area contributed by atoms with Crippen LogP contribution in [0.3, 0.4) is 0 Å².